The number of benzene rings is 8. The van der Waals surface area contributed by atoms with Crippen molar-refractivity contribution in [3.05, 3.63) is 158 Å². The van der Waals surface area contributed by atoms with Crippen LogP contribution in [0.25, 0.3) is 87.6 Å². The molecule has 1 nitrogen and oxygen atoms in total. The number of fused-ring (bicyclic) bond motifs is 5. The largest absolute Gasteiger partial charge is 0.456 e. The van der Waals surface area contributed by atoms with Crippen LogP contribution in [0.15, 0.2) is 162 Å². The predicted molar refractivity (Wildman–Crippen MR) is 183 cm³/mol. The Kier molecular flexibility index (Phi) is 5.27. The first-order valence-electron chi connectivity index (χ1n) is 14.8. The van der Waals surface area contributed by atoms with Gasteiger partial charge in [0.2, 0.25) is 0 Å². The van der Waals surface area contributed by atoms with E-state index in [4.69, 9.17) is 4.42 Å². The quantitative estimate of drug-likeness (QED) is 0.201. The molecule has 0 aliphatic heterocycles. The average molecular weight is 547 g/mol. The highest BCUT2D eigenvalue weighted by Gasteiger charge is 2.18. The lowest BCUT2D eigenvalue weighted by Crippen LogP contribution is -1.91. The van der Waals surface area contributed by atoms with Crippen molar-refractivity contribution in [3.63, 3.8) is 0 Å². The summed E-state index contributed by atoms with van der Waals surface area (Å²) >= 11 is 0. The molecule has 0 amide bonds. The fourth-order valence-electron chi connectivity index (χ4n) is 6.94. The summed E-state index contributed by atoms with van der Waals surface area (Å²) in [7, 11) is 0. The molecule has 0 atom stereocenters. The Morgan fingerprint density at radius 2 is 0.814 bits per heavy atom. The van der Waals surface area contributed by atoms with Gasteiger partial charge >= 0.3 is 0 Å². The number of hydrogen-bond acceptors (Lipinski definition) is 1. The maximum absolute atomic E-state index is 6.45. The van der Waals surface area contributed by atoms with E-state index in [0.29, 0.717) is 0 Å². The molecule has 8 aromatic carbocycles. The second-order valence-electron chi connectivity index (χ2n) is 11.3. The average Bonchev–Trinajstić information content (AvgIpc) is 3.50. The van der Waals surface area contributed by atoms with Gasteiger partial charge in [-0.2, -0.15) is 0 Å². The van der Waals surface area contributed by atoms with Crippen molar-refractivity contribution in [1.82, 2.24) is 0 Å². The van der Waals surface area contributed by atoms with E-state index in [0.717, 1.165) is 22.3 Å². The van der Waals surface area contributed by atoms with Gasteiger partial charge in [0.05, 0.1) is 0 Å². The fraction of sp³-hybridized carbons (Fsp3) is 0. The smallest absolute Gasteiger partial charge is 0.136 e. The molecule has 0 aliphatic rings. The first kappa shape index (κ1) is 24.0. The zero-order valence-electron chi connectivity index (χ0n) is 23.4. The lowest BCUT2D eigenvalue weighted by Gasteiger charge is -2.18. The second-order valence-corrected chi connectivity index (χ2v) is 11.3. The summed E-state index contributed by atoms with van der Waals surface area (Å²) in [6.45, 7) is 0. The Labute approximate surface area is 249 Å². The van der Waals surface area contributed by atoms with E-state index < -0.39 is 0 Å². The molecule has 0 aliphatic carbocycles. The molecule has 0 saturated carbocycles. The monoisotopic (exact) mass is 546 g/mol. The Balaban J connectivity index is 1.31. The van der Waals surface area contributed by atoms with E-state index in [-0.39, 0.29) is 0 Å². The van der Waals surface area contributed by atoms with Gasteiger partial charge in [0, 0.05) is 10.9 Å². The molecule has 0 unspecified atom stereocenters. The summed E-state index contributed by atoms with van der Waals surface area (Å²) in [5, 5.41) is 11.1. The second kappa shape index (κ2) is 9.44. The molecular formula is C42H26O. The summed E-state index contributed by atoms with van der Waals surface area (Å²) in [4.78, 5) is 0. The molecule has 9 aromatic rings. The Morgan fingerprint density at radius 1 is 0.326 bits per heavy atom. The summed E-state index contributed by atoms with van der Waals surface area (Å²) < 4.78 is 6.45. The lowest BCUT2D eigenvalue weighted by atomic mass is 9.84. The van der Waals surface area contributed by atoms with Gasteiger partial charge in [0.1, 0.15) is 11.3 Å². The van der Waals surface area contributed by atoms with Crippen LogP contribution >= 0.6 is 0 Å². The van der Waals surface area contributed by atoms with E-state index >= 15 is 0 Å². The molecule has 0 spiro atoms. The van der Waals surface area contributed by atoms with Crippen molar-refractivity contribution in [3.8, 4) is 33.6 Å². The van der Waals surface area contributed by atoms with Crippen molar-refractivity contribution in [1.29, 1.82) is 0 Å². The maximum Gasteiger partial charge on any atom is 0.136 e. The number of furan rings is 1. The van der Waals surface area contributed by atoms with Crippen LogP contribution in [0, 0.1) is 0 Å². The third-order valence-electron chi connectivity index (χ3n) is 8.85. The Hall–Kier alpha value is -5.66. The van der Waals surface area contributed by atoms with Gasteiger partial charge in [-0.15, -0.1) is 0 Å². The van der Waals surface area contributed by atoms with Crippen LogP contribution < -0.4 is 0 Å². The number of rotatable bonds is 3. The van der Waals surface area contributed by atoms with Crippen molar-refractivity contribution in [2.45, 2.75) is 0 Å². The molecule has 43 heavy (non-hydrogen) atoms. The Bertz CT molecular complexity index is 2450. The highest BCUT2D eigenvalue weighted by atomic mass is 16.3. The van der Waals surface area contributed by atoms with Gasteiger partial charge in [-0.05, 0) is 83.5 Å². The highest BCUT2D eigenvalue weighted by molar-refractivity contribution is 6.23. The maximum atomic E-state index is 6.45. The first-order chi connectivity index (χ1) is 21.3. The van der Waals surface area contributed by atoms with Gasteiger partial charge in [0.15, 0.2) is 0 Å². The highest BCUT2D eigenvalue weighted by Crippen LogP contribution is 2.46. The third-order valence-corrected chi connectivity index (χ3v) is 8.85. The zero-order valence-corrected chi connectivity index (χ0v) is 23.4. The van der Waals surface area contributed by atoms with Crippen molar-refractivity contribution in [2.75, 3.05) is 0 Å². The normalized spacial score (nSPS) is 11.7. The van der Waals surface area contributed by atoms with Crippen molar-refractivity contribution < 1.29 is 4.42 Å². The molecule has 0 N–H and O–H groups in total. The zero-order chi connectivity index (χ0) is 28.3. The van der Waals surface area contributed by atoms with E-state index in [9.17, 15) is 0 Å². The predicted octanol–water partition coefficient (Wildman–Crippen LogP) is 12.0. The van der Waals surface area contributed by atoms with Gasteiger partial charge < -0.3 is 4.42 Å². The summed E-state index contributed by atoms with van der Waals surface area (Å²) in [5.74, 6) is 0.893. The van der Waals surface area contributed by atoms with Crippen LogP contribution in [0.4, 0.5) is 0 Å². The Morgan fingerprint density at radius 3 is 1.44 bits per heavy atom. The van der Waals surface area contributed by atoms with Crippen LogP contribution in [-0.2, 0) is 0 Å². The van der Waals surface area contributed by atoms with Crippen molar-refractivity contribution >= 4 is 54.1 Å². The van der Waals surface area contributed by atoms with Gasteiger partial charge in [-0.1, -0.05) is 140 Å². The third kappa shape index (κ3) is 3.72. The molecule has 0 saturated heterocycles. The van der Waals surface area contributed by atoms with Gasteiger partial charge in [-0.25, -0.2) is 0 Å². The minimum absolute atomic E-state index is 0.893. The van der Waals surface area contributed by atoms with E-state index in [2.05, 4.69) is 158 Å². The van der Waals surface area contributed by atoms with Crippen LogP contribution in [0.3, 0.4) is 0 Å². The minimum Gasteiger partial charge on any atom is -0.456 e. The van der Waals surface area contributed by atoms with Crippen molar-refractivity contribution in [2.24, 2.45) is 0 Å². The molecule has 200 valence electrons. The van der Waals surface area contributed by atoms with Gasteiger partial charge in [0.25, 0.3) is 0 Å². The van der Waals surface area contributed by atoms with Crippen LogP contribution in [0.2, 0.25) is 0 Å². The topological polar surface area (TPSA) is 13.1 Å². The summed E-state index contributed by atoms with van der Waals surface area (Å²) in [6.07, 6.45) is 0. The standard InChI is InChI=1S/C42H26O/c1-3-15-31-27(11-1)13-9-21-33(31)40-26-30-25-29(23-24-39(30)43-40)41-35-17-5-7-19-37(35)42(38-20-8-6-18-36(38)41)34-22-10-14-28-12-2-4-16-32(28)34/h1-26H. The minimum atomic E-state index is 0.893. The van der Waals surface area contributed by atoms with Crippen LogP contribution in [0.1, 0.15) is 0 Å². The first-order valence-corrected chi connectivity index (χ1v) is 14.8. The lowest BCUT2D eigenvalue weighted by molar-refractivity contribution is 0.632. The molecular weight excluding hydrogens is 520 g/mol. The molecule has 1 heterocycles. The SMILES string of the molecule is c1ccc2c(-c3cc4cc(-c5c6ccccc6c(-c6cccc7ccccc67)c6ccccc56)ccc4o3)cccc2c1. The van der Waals surface area contributed by atoms with Crippen LogP contribution in [0.5, 0.6) is 0 Å². The van der Waals surface area contributed by atoms with Gasteiger partial charge in [-0.3, -0.25) is 0 Å². The number of hydrogen-bond donors (Lipinski definition) is 0. The van der Waals surface area contributed by atoms with E-state index in [1.165, 1.54) is 65.3 Å². The molecule has 0 radical (unpaired) electrons. The van der Waals surface area contributed by atoms with Crippen LogP contribution in [-0.4, -0.2) is 0 Å². The molecule has 1 heteroatoms. The van der Waals surface area contributed by atoms with E-state index in [1.54, 1.807) is 0 Å². The molecule has 1 aromatic heterocycles. The summed E-state index contributed by atoms with van der Waals surface area (Å²) in [6, 6.07) is 56.8. The molecule has 0 bridgehead atoms. The molecule has 0 fully saturated rings. The summed E-state index contributed by atoms with van der Waals surface area (Å²) in [5.41, 5.74) is 7.01. The molecule has 9 rings (SSSR count). The van der Waals surface area contributed by atoms with E-state index in [1.807, 2.05) is 0 Å². The fourth-order valence-corrected chi connectivity index (χ4v) is 6.94.